The van der Waals surface area contributed by atoms with E-state index in [1.165, 1.54) is 12.1 Å². The van der Waals surface area contributed by atoms with Gasteiger partial charge in [-0.05, 0) is 36.1 Å². The van der Waals surface area contributed by atoms with Crippen LogP contribution in [-0.2, 0) is 12.0 Å². The quantitative estimate of drug-likeness (QED) is 0.835. The zero-order chi connectivity index (χ0) is 14.6. The predicted octanol–water partition coefficient (Wildman–Crippen LogP) is 4.79. The topological polar surface area (TPSA) is 26.0 Å². The van der Waals surface area contributed by atoms with Gasteiger partial charge in [-0.15, -0.1) is 0 Å². The van der Waals surface area contributed by atoms with E-state index in [0.717, 1.165) is 28.4 Å². The van der Waals surface area contributed by atoms with Crippen molar-refractivity contribution in [1.82, 2.24) is 0 Å². The van der Waals surface area contributed by atoms with Crippen LogP contribution in [0.15, 0.2) is 53.0 Å². The second-order valence-electron chi connectivity index (χ2n) is 5.18. The minimum absolute atomic E-state index is 0.238. The third kappa shape index (κ3) is 3.47. The lowest BCUT2D eigenvalue weighted by Crippen LogP contribution is -2.39. The van der Waals surface area contributed by atoms with Crippen LogP contribution >= 0.6 is 15.9 Å². The van der Waals surface area contributed by atoms with Crippen LogP contribution in [0.2, 0.25) is 0 Å². The molecule has 2 aromatic carbocycles. The number of halogens is 2. The Bertz CT molecular complexity index is 570. The molecule has 2 aromatic rings. The third-order valence-electron chi connectivity index (χ3n) is 3.57. The molecule has 0 saturated heterocycles. The van der Waals surface area contributed by atoms with Crippen molar-refractivity contribution in [1.29, 1.82) is 0 Å². The first kappa shape index (κ1) is 15.2. The Morgan fingerprint density at radius 1 is 1.15 bits per heavy atom. The molecule has 0 aliphatic heterocycles. The van der Waals surface area contributed by atoms with Crippen LogP contribution in [0.5, 0.6) is 0 Å². The van der Waals surface area contributed by atoms with Gasteiger partial charge in [-0.2, -0.15) is 0 Å². The molecule has 0 aliphatic rings. The largest absolute Gasteiger partial charge is 0.321 e. The minimum atomic E-state index is -0.420. The molecule has 2 N–H and O–H groups in total. The summed E-state index contributed by atoms with van der Waals surface area (Å²) in [6, 6.07) is 14.9. The summed E-state index contributed by atoms with van der Waals surface area (Å²) < 4.78 is 14.0. The van der Waals surface area contributed by atoms with Gasteiger partial charge in [0.25, 0.3) is 0 Å². The van der Waals surface area contributed by atoms with E-state index in [9.17, 15) is 4.39 Å². The monoisotopic (exact) mass is 335 g/mol. The molecular formula is C17H19BrFN. The number of rotatable bonds is 5. The molecule has 0 heterocycles. The SMILES string of the molecule is CCCC(N)(Cc1ccc(F)cc1Br)c1ccccc1. The van der Waals surface area contributed by atoms with Crippen LogP contribution in [-0.4, -0.2) is 0 Å². The maximum absolute atomic E-state index is 13.2. The van der Waals surface area contributed by atoms with Crippen molar-refractivity contribution >= 4 is 15.9 Å². The molecule has 1 nitrogen and oxygen atoms in total. The summed E-state index contributed by atoms with van der Waals surface area (Å²) >= 11 is 3.43. The lowest BCUT2D eigenvalue weighted by atomic mass is 9.81. The molecule has 0 aliphatic carbocycles. The summed E-state index contributed by atoms with van der Waals surface area (Å²) in [6.45, 7) is 2.13. The molecule has 1 unspecified atom stereocenters. The molecule has 2 rings (SSSR count). The van der Waals surface area contributed by atoms with Crippen LogP contribution in [0.3, 0.4) is 0 Å². The van der Waals surface area contributed by atoms with Gasteiger partial charge in [-0.25, -0.2) is 4.39 Å². The van der Waals surface area contributed by atoms with Crippen LogP contribution in [0.25, 0.3) is 0 Å². The van der Waals surface area contributed by atoms with E-state index in [1.807, 2.05) is 18.2 Å². The van der Waals surface area contributed by atoms with Crippen molar-refractivity contribution in [3.8, 4) is 0 Å². The van der Waals surface area contributed by atoms with Crippen LogP contribution < -0.4 is 5.73 Å². The molecule has 20 heavy (non-hydrogen) atoms. The molecule has 0 bridgehead atoms. The fourth-order valence-corrected chi connectivity index (χ4v) is 3.05. The number of hydrogen-bond donors (Lipinski definition) is 1. The van der Waals surface area contributed by atoms with Gasteiger partial charge >= 0.3 is 0 Å². The molecule has 0 aromatic heterocycles. The highest BCUT2D eigenvalue weighted by Crippen LogP contribution is 2.31. The fourth-order valence-electron chi connectivity index (χ4n) is 2.56. The average Bonchev–Trinajstić information content (AvgIpc) is 2.43. The summed E-state index contributed by atoms with van der Waals surface area (Å²) in [4.78, 5) is 0. The fraction of sp³-hybridized carbons (Fsp3) is 0.294. The highest BCUT2D eigenvalue weighted by atomic mass is 79.9. The van der Waals surface area contributed by atoms with E-state index >= 15 is 0 Å². The molecular weight excluding hydrogens is 317 g/mol. The van der Waals surface area contributed by atoms with Gasteiger partial charge in [0.1, 0.15) is 5.82 Å². The normalized spacial score (nSPS) is 14.0. The zero-order valence-corrected chi connectivity index (χ0v) is 13.2. The molecule has 3 heteroatoms. The molecule has 0 saturated carbocycles. The van der Waals surface area contributed by atoms with Gasteiger partial charge in [-0.3, -0.25) is 0 Å². The van der Waals surface area contributed by atoms with Gasteiger partial charge in [0.2, 0.25) is 0 Å². The second-order valence-corrected chi connectivity index (χ2v) is 6.04. The Labute approximate surface area is 128 Å². The Morgan fingerprint density at radius 2 is 1.85 bits per heavy atom. The van der Waals surface area contributed by atoms with E-state index < -0.39 is 5.54 Å². The Hall–Kier alpha value is -1.19. The highest BCUT2D eigenvalue weighted by Gasteiger charge is 2.27. The van der Waals surface area contributed by atoms with E-state index in [2.05, 4.69) is 35.0 Å². The van der Waals surface area contributed by atoms with Gasteiger partial charge < -0.3 is 5.73 Å². The highest BCUT2D eigenvalue weighted by molar-refractivity contribution is 9.10. The smallest absolute Gasteiger partial charge is 0.124 e. The lowest BCUT2D eigenvalue weighted by molar-refractivity contribution is 0.400. The zero-order valence-electron chi connectivity index (χ0n) is 11.6. The van der Waals surface area contributed by atoms with E-state index in [4.69, 9.17) is 5.73 Å². The molecule has 1 atom stereocenters. The van der Waals surface area contributed by atoms with Crippen LogP contribution in [0.1, 0.15) is 30.9 Å². The van der Waals surface area contributed by atoms with E-state index in [-0.39, 0.29) is 5.82 Å². The number of benzene rings is 2. The van der Waals surface area contributed by atoms with Crippen LogP contribution in [0.4, 0.5) is 4.39 Å². The minimum Gasteiger partial charge on any atom is -0.321 e. The molecule has 0 fully saturated rings. The van der Waals surface area contributed by atoms with Crippen molar-refractivity contribution in [2.24, 2.45) is 5.73 Å². The Morgan fingerprint density at radius 3 is 2.45 bits per heavy atom. The van der Waals surface area contributed by atoms with Gasteiger partial charge in [0, 0.05) is 10.0 Å². The molecule has 0 radical (unpaired) electrons. The van der Waals surface area contributed by atoms with Crippen LogP contribution in [0, 0.1) is 5.82 Å². The van der Waals surface area contributed by atoms with E-state index in [0.29, 0.717) is 6.42 Å². The summed E-state index contributed by atoms with van der Waals surface area (Å²) in [6.07, 6.45) is 2.58. The summed E-state index contributed by atoms with van der Waals surface area (Å²) in [5.74, 6) is -0.238. The van der Waals surface area contributed by atoms with E-state index in [1.54, 1.807) is 6.07 Å². The number of nitrogens with two attached hydrogens (primary N) is 1. The third-order valence-corrected chi connectivity index (χ3v) is 4.30. The van der Waals surface area contributed by atoms with Gasteiger partial charge in [-0.1, -0.05) is 65.7 Å². The predicted molar refractivity (Wildman–Crippen MR) is 85.0 cm³/mol. The lowest BCUT2D eigenvalue weighted by Gasteiger charge is -2.30. The van der Waals surface area contributed by atoms with Crippen molar-refractivity contribution in [2.75, 3.05) is 0 Å². The standard InChI is InChI=1S/C17H19BrFN/c1-2-10-17(20,14-6-4-3-5-7-14)12-13-8-9-15(19)11-16(13)18/h3-9,11H,2,10,12,20H2,1H3. The Kier molecular flexibility index (Phi) is 4.95. The molecule has 0 amide bonds. The van der Waals surface area contributed by atoms with Gasteiger partial charge in [0.15, 0.2) is 0 Å². The first-order chi connectivity index (χ1) is 9.55. The summed E-state index contributed by atoms with van der Waals surface area (Å²) in [5.41, 5.74) is 8.39. The first-order valence-electron chi connectivity index (χ1n) is 6.83. The molecule has 106 valence electrons. The Balaban J connectivity index is 2.34. The van der Waals surface area contributed by atoms with Crippen molar-refractivity contribution in [2.45, 2.75) is 31.7 Å². The van der Waals surface area contributed by atoms with Crippen molar-refractivity contribution in [3.05, 3.63) is 69.9 Å². The molecule has 0 spiro atoms. The van der Waals surface area contributed by atoms with Crippen molar-refractivity contribution < 1.29 is 4.39 Å². The average molecular weight is 336 g/mol. The van der Waals surface area contributed by atoms with Gasteiger partial charge in [0.05, 0.1) is 0 Å². The summed E-state index contributed by atoms with van der Waals surface area (Å²) in [5, 5.41) is 0. The van der Waals surface area contributed by atoms with Crippen molar-refractivity contribution in [3.63, 3.8) is 0 Å². The second kappa shape index (κ2) is 6.51. The maximum atomic E-state index is 13.2. The maximum Gasteiger partial charge on any atom is 0.124 e. The summed E-state index contributed by atoms with van der Waals surface area (Å²) in [7, 11) is 0. The first-order valence-corrected chi connectivity index (χ1v) is 7.63. The number of hydrogen-bond acceptors (Lipinski definition) is 1.